The maximum absolute atomic E-state index is 13.6. The number of aryl methyl sites for hydroxylation is 1. The number of benzene rings is 2. The van der Waals surface area contributed by atoms with Gasteiger partial charge >= 0.3 is 6.03 Å². The van der Waals surface area contributed by atoms with Crippen LogP contribution in [0.2, 0.25) is 0 Å². The number of hydrogen-bond donors (Lipinski definition) is 0. The number of fused-ring (bicyclic) bond motifs is 1. The number of carbonyl (C=O) groups is 2. The topological polar surface area (TPSA) is 53.1 Å². The summed E-state index contributed by atoms with van der Waals surface area (Å²) in [5.74, 6) is 0.284. The van der Waals surface area contributed by atoms with Crippen LogP contribution in [0.3, 0.4) is 0 Å². The first-order chi connectivity index (χ1) is 14.0. The van der Waals surface area contributed by atoms with Crippen LogP contribution in [-0.4, -0.2) is 49.6 Å². The van der Waals surface area contributed by atoms with E-state index >= 15 is 0 Å². The summed E-state index contributed by atoms with van der Waals surface area (Å²) in [6.07, 6.45) is 1.51. The molecule has 2 aromatic rings. The fourth-order valence-corrected chi connectivity index (χ4v) is 4.07. The fraction of sp³-hybridized carbons (Fsp3) is 0.364. The Kier molecular flexibility index (Phi) is 5.13. The summed E-state index contributed by atoms with van der Waals surface area (Å²) in [4.78, 5) is 30.9. The van der Waals surface area contributed by atoms with Gasteiger partial charge in [0.15, 0.2) is 0 Å². The van der Waals surface area contributed by atoms with E-state index in [1.165, 1.54) is 12.1 Å². The number of carbonyl (C=O) groups excluding carboxylic acids is 2. The van der Waals surface area contributed by atoms with Gasteiger partial charge in [0.25, 0.3) is 0 Å². The average molecular weight is 397 g/mol. The third-order valence-corrected chi connectivity index (χ3v) is 5.65. The van der Waals surface area contributed by atoms with Crippen LogP contribution in [0.4, 0.5) is 20.6 Å². The number of rotatable bonds is 4. The zero-order chi connectivity index (χ0) is 20.5. The molecular weight excluding hydrogens is 373 g/mol. The van der Waals surface area contributed by atoms with Gasteiger partial charge in [-0.3, -0.25) is 9.69 Å². The molecule has 1 unspecified atom stereocenters. The molecule has 7 heteroatoms. The second-order valence-corrected chi connectivity index (χ2v) is 7.48. The minimum absolute atomic E-state index is 0.00659. The molecule has 4 rings (SSSR count). The van der Waals surface area contributed by atoms with E-state index in [4.69, 9.17) is 4.74 Å². The fourth-order valence-electron chi connectivity index (χ4n) is 4.07. The minimum Gasteiger partial charge on any atom is -0.497 e. The smallest absolute Gasteiger partial charge is 0.325 e. The van der Waals surface area contributed by atoms with Crippen LogP contribution in [0.15, 0.2) is 42.5 Å². The average Bonchev–Trinajstić information content (AvgIpc) is 3.08. The van der Waals surface area contributed by atoms with E-state index in [1.54, 1.807) is 27.9 Å². The van der Waals surface area contributed by atoms with Gasteiger partial charge < -0.3 is 14.5 Å². The molecule has 3 amide bonds. The highest BCUT2D eigenvalue weighted by atomic mass is 19.1. The van der Waals surface area contributed by atoms with Crippen molar-refractivity contribution in [2.75, 3.05) is 36.5 Å². The molecule has 1 fully saturated rings. The number of nitrogens with zero attached hydrogens (tertiary/aromatic N) is 3. The molecule has 0 aliphatic carbocycles. The largest absolute Gasteiger partial charge is 0.497 e. The molecule has 2 aromatic carbocycles. The standard InChI is InChI=1S/C22H24FN3O3/c1-15-3-4-16-13-17(23)5-10-20(16)26(15)21(27)14-24-11-12-25(22(24)28)18-6-8-19(29-2)9-7-18/h5-10,13,15H,3-4,11-12,14H2,1-2H3. The van der Waals surface area contributed by atoms with Crippen LogP contribution >= 0.6 is 0 Å². The van der Waals surface area contributed by atoms with Gasteiger partial charge in [-0.15, -0.1) is 0 Å². The van der Waals surface area contributed by atoms with E-state index in [1.807, 2.05) is 31.2 Å². The van der Waals surface area contributed by atoms with Crippen LogP contribution in [0.25, 0.3) is 0 Å². The molecule has 1 saturated heterocycles. The van der Waals surface area contributed by atoms with Gasteiger partial charge in [0, 0.05) is 30.5 Å². The number of ether oxygens (including phenoxy) is 1. The molecular formula is C22H24FN3O3. The van der Waals surface area contributed by atoms with Crippen molar-refractivity contribution in [3.63, 3.8) is 0 Å². The van der Waals surface area contributed by atoms with E-state index < -0.39 is 0 Å². The number of urea groups is 1. The van der Waals surface area contributed by atoms with Crippen molar-refractivity contribution in [2.45, 2.75) is 25.8 Å². The Morgan fingerprint density at radius 2 is 1.93 bits per heavy atom. The molecule has 0 spiro atoms. The van der Waals surface area contributed by atoms with Crippen LogP contribution in [0, 0.1) is 5.82 Å². The number of methoxy groups -OCH3 is 1. The van der Waals surface area contributed by atoms with E-state index in [0.29, 0.717) is 13.1 Å². The van der Waals surface area contributed by atoms with Gasteiger partial charge in [0.2, 0.25) is 5.91 Å². The minimum atomic E-state index is -0.296. The summed E-state index contributed by atoms with van der Waals surface area (Å²) in [7, 11) is 1.59. The first-order valence-electron chi connectivity index (χ1n) is 9.79. The second kappa shape index (κ2) is 7.73. The highest BCUT2D eigenvalue weighted by molar-refractivity contribution is 6.01. The van der Waals surface area contributed by atoms with E-state index in [-0.39, 0.29) is 30.3 Å². The Morgan fingerprint density at radius 3 is 2.66 bits per heavy atom. The summed E-state index contributed by atoms with van der Waals surface area (Å²) in [6.45, 7) is 3.00. The van der Waals surface area contributed by atoms with Gasteiger partial charge in [-0.2, -0.15) is 0 Å². The SMILES string of the molecule is COc1ccc(N2CCN(CC(=O)N3c4ccc(F)cc4CCC3C)C2=O)cc1. The molecule has 2 aliphatic rings. The zero-order valence-corrected chi connectivity index (χ0v) is 16.6. The van der Waals surface area contributed by atoms with Gasteiger partial charge in [-0.05, 0) is 67.8 Å². The predicted molar refractivity (Wildman–Crippen MR) is 109 cm³/mol. The van der Waals surface area contributed by atoms with Crippen molar-refractivity contribution in [1.82, 2.24) is 4.90 Å². The van der Waals surface area contributed by atoms with E-state index in [0.717, 1.165) is 35.5 Å². The van der Waals surface area contributed by atoms with Gasteiger partial charge in [0.05, 0.1) is 7.11 Å². The van der Waals surface area contributed by atoms with Crippen LogP contribution < -0.4 is 14.5 Å². The Balaban J connectivity index is 1.48. The molecule has 152 valence electrons. The van der Waals surface area contributed by atoms with Gasteiger partial charge in [0.1, 0.15) is 18.1 Å². The second-order valence-electron chi connectivity index (χ2n) is 7.48. The van der Waals surface area contributed by atoms with Crippen molar-refractivity contribution < 1.29 is 18.7 Å². The van der Waals surface area contributed by atoms with Gasteiger partial charge in [-0.25, -0.2) is 9.18 Å². The van der Waals surface area contributed by atoms with Crippen molar-refractivity contribution in [3.8, 4) is 5.75 Å². The lowest BCUT2D eigenvalue weighted by atomic mass is 9.96. The van der Waals surface area contributed by atoms with Gasteiger partial charge in [-0.1, -0.05) is 0 Å². The quantitative estimate of drug-likeness (QED) is 0.794. The maximum atomic E-state index is 13.6. The number of anilines is 2. The molecule has 0 bridgehead atoms. The third-order valence-electron chi connectivity index (χ3n) is 5.65. The zero-order valence-electron chi connectivity index (χ0n) is 16.6. The van der Waals surface area contributed by atoms with Crippen molar-refractivity contribution in [1.29, 1.82) is 0 Å². The summed E-state index contributed by atoms with van der Waals surface area (Å²) in [5.41, 5.74) is 2.36. The van der Waals surface area contributed by atoms with E-state index in [2.05, 4.69) is 0 Å². The lowest BCUT2D eigenvalue weighted by Crippen LogP contribution is -2.48. The summed E-state index contributed by atoms with van der Waals surface area (Å²) in [5, 5.41) is 0. The number of halogens is 1. The Labute approximate surface area is 169 Å². The third kappa shape index (κ3) is 3.64. The maximum Gasteiger partial charge on any atom is 0.325 e. The summed E-state index contributed by atoms with van der Waals surface area (Å²) >= 11 is 0. The molecule has 0 aromatic heterocycles. The number of amides is 3. The highest BCUT2D eigenvalue weighted by Gasteiger charge is 2.34. The Hall–Kier alpha value is -3.09. The molecule has 0 radical (unpaired) electrons. The molecule has 1 atom stereocenters. The van der Waals surface area contributed by atoms with Crippen molar-refractivity contribution in [3.05, 3.63) is 53.8 Å². The summed E-state index contributed by atoms with van der Waals surface area (Å²) < 4.78 is 18.7. The number of hydrogen-bond acceptors (Lipinski definition) is 3. The molecule has 2 heterocycles. The molecule has 0 saturated carbocycles. The lowest BCUT2D eigenvalue weighted by molar-refractivity contribution is -0.119. The molecule has 6 nitrogen and oxygen atoms in total. The molecule has 29 heavy (non-hydrogen) atoms. The van der Waals surface area contributed by atoms with Crippen molar-refractivity contribution >= 4 is 23.3 Å². The normalized spacial score (nSPS) is 18.8. The highest BCUT2D eigenvalue weighted by Crippen LogP contribution is 2.32. The lowest BCUT2D eigenvalue weighted by Gasteiger charge is -2.36. The Bertz CT molecular complexity index is 931. The molecule has 0 N–H and O–H groups in total. The van der Waals surface area contributed by atoms with Crippen molar-refractivity contribution in [2.24, 2.45) is 0 Å². The Morgan fingerprint density at radius 1 is 1.17 bits per heavy atom. The summed E-state index contributed by atoms with van der Waals surface area (Å²) in [6, 6.07) is 11.6. The monoisotopic (exact) mass is 397 g/mol. The van der Waals surface area contributed by atoms with Crippen LogP contribution in [0.1, 0.15) is 18.9 Å². The van der Waals surface area contributed by atoms with Crippen LogP contribution in [-0.2, 0) is 11.2 Å². The first kappa shape index (κ1) is 19.2. The first-order valence-corrected chi connectivity index (χ1v) is 9.79. The van der Waals surface area contributed by atoms with E-state index in [9.17, 15) is 14.0 Å². The predicted octanol–water partition coefficient (Wildman–Crippen LogP) is 3.44. The van der Waals surface area contributed by atoms with Crippen LogP contribution in [0.5, 0.6) is 5.75 Å². The molecule has 2 aliphatic heterocycles.